The Hall–Kier alpha value is 0.250. The molecule has 4 aromatic carbocycles. The highest BCUT2D eigenvalue weighted by molar-refractivity contribution is 14.2. The Morgan fingerprint density at radius 1 is 0.804 bits per heavy atom. The molecule has 0 radical (unpaired) electrons. The fraction of sp³-hybridized carbons (Fsp3) is 0.133. The van der Waals surface area contributed by atoms with Crippen molar-refractivity contribution in [2.24, 2.45) is 11.5 Å². The Morgan fingerprint density at radius 2 is 1.35 bits per heavy atom. The molecular formula is C30H21I7N2O7. The van der Waals surface area contributed by atoms with E-state index in [0.29, 0.717) is 39.3 Å². The van der Waals surface area contributed by atoms with Crippen molar-refractivity contribution in [1.82, 2.24) is 0 Å². The minimum atomic E-state index is -2.59. The van der Waals surface area contributed by atoms with E-state index in [9.17, 15) is 19.8 Å². The van der Waals surface area contributed by atoms with Crippen LogP contribution < -0.4 is 25.7 Å². The van der Waals surface area contributed by atoms with Gasteiger partial charge in [-0.15, -0.1) is 0 Å². The first kappa shape index (κ1) is 34.7. The monoisotopic (exact) mass is 1420 g/mol. The van der Waals surface area contributed by atoms with Crippen LogP contribution in [0.4, 0.5) is 0 Å². The van der Waals surface area contributed by atoms with Gasteiger partial charge in [0.2, 0.25) is 0 Å². The molecule has 16 heteroatoms. The number of carbonyl (C=O) groups excluding carboxylic acids is 1. The number of aliphatic carboxylic acids is 1. The van der Waals surface area contributed by atoms with Crippen molar-refractivity contribution in [3.8, 4) is 34.5 Å². The van der Waals surface area contributed by atoms with Crippen molar-refractivity contribution in [2.75, 3.05) is 0 Å². The van der Waals surface area contributed by atoms with E-state index in [4.69, 9.17) is 24.1 Å². The van der Waals surface area contributed by atoms with Gasteiger partial charge in [0.1, 0.15) is 45.1 Å². The fourth-order valence-electron chi connectivity index (χ4n) is 3.86. The number of phenols is 1. The largest absolute Gasteiger partial charge is 0.506 e. The van der Waals surface area contributed by atoms with E-state index < -0.39 is 25.4 Å². The van der Waals surface area contributed by atoms with Crippen LogP contribution in [-0.2, 0) is 17.4 Å². The van der Waals surface area contributed by atoms with E-state index in [1.807, 2.05) is 34.7 Å². The van der Waals surface area contributed by atoms with Crippen LogP contribution in [0.3, 0.4) is 0 Å². The highest BCUT2D eigenvalue weighted by Gasteiger charge is 2.39. The molecule has 6 N–H and O–H groups in total. The lowest BCUT2D eigenvalue weighted by atomic mass is 10.1. The van der Waals surface area contributed by atoms with E-state index in [2.05, 4.69) is 90.4 Å². The molecule has 4 aromatic rings. The van der Waals surface area contributed by atoms with Gasteiger partial charge in [0.05, 0.1) is 15.7 Å². The average Bonchev–Trinajstić information content (AvgIpc) is 3.01. The fourth-order valence-corrected chi connectivity index (χ4v) is 11.0. The topological polar surface area (TPSA) is 154 Å². The Kier molecular flexibility index (Phi) is 12.8. The zero-order valence-corrected chi connectivity index (χ0v) is 37.8. The summed E-state index contributed by atoms with van der Waals surface area (Å²) in [6.07, 6.45) is 0.237. The number of alkyl halides is 2. The number of carboxylic acid groups (broad SMARTS) is 1. The summed E-state index contributed by atoms with van der Waals surface area (Å²) in [6, 6.07) is 15.0. The Bertz CT molecular complexity index is 1860. The smallest absolute Gasteiger partial charge is 0.328 e. The average molecular weight is 1420 g/mol. The minimum Gasteiger partial charge on any atom is -0.506 e. The quantitative estimate of drug-likeness (QED) is 0.0472. The molecule has 0 aliphatic heterocycles. The summed E-state index contributed by atoms with van der Waals surface area (Å²) in [4.78, 5) is 24.7. The van der Waals surface area contributed by atoms with Crippen molar-refractivity contribution in [1.29, 1.82) is 0 Å². The molecule has 0 spiro atoms. The number of carbonyl (C=O) groups is 2. The molecule has 0 saturated heterocycles. The first-order valence-electron chi connectivity index (χ1n) is 14.0. The summed E-state index contributed by atoms with van der Waals surface area (Å²) < 4.78 is 43.2. The van der Waals surface area contributed by atoms with Crippen LogP contribution in [0.2, 0.25) is 2.82 Å². The molecule has 0 bridgehead atoms. The second-order valence-corrected chi connectivity index (χ2v) is 20.5. The maximum atomic E-state index is 12.9. The molecule has 0 fully saturated rings. The van der Waals surface area contributed by atoms with Gasteiger partial charge in [0.15, 0.2) is 5.75 Å². The lowest BCUT2D eigenvalue weighted by molar-refractivity contribution is -0.138. The van der Waals surface area contributed by atoms with Crippen LogP contribution in [-0.4, -0.2) is 34.2 Å². The molecule has 0 aliphatic carbocycles. The van der Waals surface area contributed by atoms with E-state index in [1.165, 1.54) is 0 Å². The number of hydrogen-bond acceptors (Lipinski definition) is 8. The zero-order valence-electron chi connectivity index (χ0n) is 25.7. The minimum absolute atomic E-state index is 0.119. The summed E-state index contributed by atoms with van der Waals surface area (Å²) in [5.41, 5.74) is 7.38. The van der Waals surface area contributed by atoms with Crippen molar-refractivity contribution >= 4 is 170 Å². The number of carboxylic acids is 1. The number of rotatable bonds is 12. The molecule has 0 amide bonds. The van der Waals surface area contributed by atoms with Crippen LogP contribution in [0.25, 0.3) is 0 Å². The van der Waals surface area contributed by atoms with Gasteiger partial charge in [-0.2, -0.15) is 0 Å². The van der Waals surface area contributed by atoms with Gasteiger partial charge < -0.3 is 35.9 Å². The van der Waals surface area contributed by atoms with Gasteiger partial charge in [0, 0.05) is 3.57 Å². The second-order valence-electron chi connectivity index (χ2n) is 9.40. The highest BCUT2D eigenvalue weighted by atomic mass is 127. The number of phenolic OH excluding ortho intramolecular Hbond substituents is 1. The number of nitrogens with two attached hydrogens (primary N) is 2. The number of esters is 1. The molecule has 0 heterocycles. The zero-order chi connectivity index (χ0) is 36.4. The molecule has 0 aromatic heterocycles. The summed E-state index contributed by atoms with van der Waals surface area (Å²) in [5, 5.41) is 19.7. The third-order valence-corrected chi connectivity index (χ3v) is 12.4. The summed E-state index contributed by atoms with van der Waals surface area (Å²) in [5.74, 6) is 0.380. The van der Waals surface area contributed by atoms with Gasteiger partial charge in [-0.25, -0.2) is 4.79 Å². The molecular weight excluding hydrogens is 1390 g/mol. The Balaban J connectivity index is 1.38. The third kappa shape index (κ3) is 9.94. The molecule has 2 atom stereocenters. The molecule has 9 nitrogen and oxygen atoms in total. The van der Waals surface area contributed by atoms with Crippen molar-refractivity contribution in [2.45, 2.75) is 19.9 Å². The predicted octanol–water partition coefficient (Wildman–Crippen LogP) is 8.91. The van der Waals surface area contributed by atoms with E-state index in [0.717, 1.165) is 12.7 Å². The second kappa shape index (κ2) is 17.0. The normalized spacial score (nSPS) is 14.4. The predicted molar refractivity (Wildman–Crippen MR) is 234 cm³/mol. The van der Waals surface area contributed by atoms with Crippen LogP contribution in [0.15, 0.2) is 66.7 Å². The first-order chi connectivity index (χ1) is 22.8. The van der Waals surface area contributed by atoms with Crippen molar-refractivity contribution in [3.05, 3.63) is 95.7 Å². The molecule has 0 saturated carbocycles. The highest BCUT2D eigenvalue weighted by Crippen LogP contribution is 2.45. The van der Waals surface area contributed by atoms with Crippen LogP contribution in [0.1, 0.15) is 12.5 Å². The van der Waals surface area contributed by atoms with Crippen molar-refractivity contribution < 1.29 is 38.2 Å². The Morgan fingerprint density at radius 3 is 1.89 bits per heavy atom. The van der Waals surface area contributed by atoms with Crippen LogP contribution in [0, 0.1) is 17.9 Å². The number of hydrogen-bond donors (Lipinski definition) is 4. The van der Waals surface area contributed by atoms with Gasteiger partial charge in [-0.3, -0.25) is 4.79 Å². The third-order valence-electron chi connectivity index (χ3n) is 6.08. The maximum Gasteiger partial charge on any atom is 0.328 e. The molecule has 46 heavy (non-hydrogen) atoms. The van der Waals surface area contributed by atoms with Gasteiger partial charge >= 0.3 is 11.9 Å². The summed E-state index contributed by atoms with van der Waals surface area (Å²) >= 11 is 14.0. The number of aromatic hydroxyl groups is 1. The molecule has 0 aliphatic rings. The van der Waals surface area contributed by atoms with Gasteiger partial charge in [0.25, 0.3) is 0 Å². The van der Waals surface area contributed by atoms with Crippen LogP contribution in [0.5, 0.6) is 34.5 Å². The number of ether oxygens (including phenoxy) is 3. The lowest BCUT2D eigenvalue weighted by Crippen LogP contribution is -2.43. The standard InChI is InChI=1S/C30H21I7N2O7/c31-19-10-16(5-6-18(19)30(36,37)27(39)28(41)42)44-14-1-3-15(4-2-14)46-29(43)24(38)9-13-7-22(34)26(23(35)8-13)45-17-11-20(32)25(40)21(33)12-17/h1-8,10-12,24,27,40H,9,38-39H2,(H,41,42)/t24-,27+/m0/s1/i27T/hT2. The number of halogens is 7. The first-order valence-corrected chi connectivity index (χ1v) is 20.2. The maximum absolute atomic E-state index is 12.9. The molecule has 0 unspecified atom stereocenters. The van der Waals surface area contributed by atoms with E-state index >= 15 is 0 Å². The lowest BCUT2D eigenvalue weighted by Gasteiger charge is -2.26. The SMILES string of the molecule is [3H]N([3H])[C@]([3H])(C(=O)O)C(I)(I)c1ccc(Oc2ccc(OC(=O)[C@@H](N)Cc3cc(I)c(Oc4cc(I)c(O)c(I)c4)c(I)c3)cc2)cc1I. The van der Waals surface area contributed by atoms with E-state index in [-0.39, 0.29) is 23.6 Å². The Labute approximate surface area is 364 Å². The summed E-state index contributed by atoms with van der Waals surface area (Å²) in [6.45, 7) is 0. The molecule has 242 valence electrons. The van der Waals surface area contributed by atoms with Crippen molar-refractivity contribution in [3.63, 3.8) is 0 Å². The summed E-state index contributed by atoms with van der Waals surface area (Å²) in [7, 11) is 0. The molecule has 4 rings (SSSR count). The van der Waals surface area contributed by atoms with Gasteiger partial charge in [-0.1, -0.05) is 51.2 Å². The number of benzene rings is 4. The van der Waals surface area contributed by atoms with E-state index in [1.54, 1.807) is 99.8 Å². The van der Waals surface area contributed by atoms with Gasteiger partial charge in [-0.05, 0) is 191 Å². The van der Waals surface area contributed by atoms with Crippen LogP contribution >= 0.6 is 158 Å².